The largest absolute Gasteiger partial charge is 0.399 e. The van der Waals surface area contributed by atoms with E-state index in [0.29, 0.717) is 26.9 Å². The van der Waals surface area contributed by atoms with Gasteiger partial charge in [0.2, 0.25) is 0 Å². The van der Waals surface area contributed by atoms with E-state index in [-0.39, 0.29) is 5.82 Å². The summed E-state index contributed by atoms with van der Waals surface area (Å²) >= 11 is 11.7. The third-order valence-corrected chi connectivity index (χ3v) is 2.96. The van der Waals surface area contributed by atoms with Crippen molar-refractivity contribution in [1.29, 1.82) is 0 Å². The number of anilines is 1. The minimum Gasteiger partial charge on any atom is -0.399 e. The normalized spacial score (nSPS) is 10.4. The van der Waals surface area contributed by atoms with Crippen molar-refractivity contribution >= 4 is 28.9 Å². The number of hydrogen-bond donors (Lipinski definition) is 1. The molecule has 2 rings (SSSR count). The smallest absolute Gasteiger partial charge is 0.131 e. The molecule has 0 saturated heterocycles. The second-order valence-corrected chi connectivity index (χ2v) is 4.18. The van der Waals surface area contributed by atoms with Crippen molar-refractivity contribution in [2.24, 2.45) is 0 Å². The Hall–Kier alpha value is -1.25. The van der Waals surface area contributed by atoms with Gasteiger partial charge in [0.1, 0.15) is 5.82 Å². The van der Waals surface area contributed by atoms with E-state index in [1.807, 2.05) is 0 Å². The van der Waals surface area contributed by atoms with E-state index in [4.69, 9.17) is 28.9 Å². The van der Waals surface area contributed by atoms with E-state index < -0.39 is 0 Å². The maximum Gasteiger partial charge on any atom is 0.131 e. The topological polar surface area (TPSA) is 26.0 Å². The Labute approximate surface area is 103 Å². The molecular formula is C12H8Cl2FN. The SMILES string of the molecule is Nc1ccc(F)c(-c2ccc(Cl)c(Cl)c2)c1. The van der Waals surface area contributed by atoms with Crippen LogP contribution in [0.25, 0.3) is 11.1 Å². The predicted molar refractivity (Wildman–Crippen MR) is 66.3 cm³/mol. The Morgan fingerprint density at radius 2 is 1.69 bits per heavy atom. The zero-order valence-electron chi connectivity index (χ0n) is 8.18. The van der Waals surface area contributed by atoms with Crippen molar-refractivity contribution in [1.82, 2.24) is 0 Å². The summed E-state index contributed by atoms with van der Waals surface area (Å²) < 4.78 is 13.6. The lowest BCUT2D eigenvalue weighted by Crippen LogP contribution is -1.89. The molecule has 2 aromatic carbocycles. The van der Waals surface area contributed by atoms with Crippen molar-refractivity contribution in [3.8, 4) is 11.1 Å². The monoisotopic (exact) mass is 255 g/mol. The molecule has 16 heavy (non-hydrogen) atoms. The van der Waals surface area contributed by atoms with Gasteiger partial charge < -0.3 is 5.73 Å². The Bertz CT molecular complexity index is 541. The summed E-state index contributed by atoms with van der Waals surface area (Å²) in [6.07, 6.45) is 0. The first-order valence-corrected chi connectivity index (χ1v) is 5.34. The van der Waals surface area contributed by atoms with Crippen molar-refractivity contribution in [2.75, 3.05) is 5.73 Å². The van der Waals surface area contributed by atoms with Crippen LogP contribution in [0.1, 0.15) is 0 Å². The molecule has 0 spiro atoms. The van der Waals surface area contributed by atoms with E-state index >= 15 is 0 Å². The van der Waals surface area contributed by atoms with Gasteiger partial charge in [0.05, 0.1) is 10.0 Å². The molecule has 0 aliphatic heterocycles. The number of hydrogen-bond acceptors (Lipinski definition) is 1. The van der Waals surface area contributed by atoms with Crippen molar-refractivity contribution in [3.63, 3.8) is 0 Å². The summed E-state index contributed by atoms with van der Waals surface area (Å²) in [6, 6.07) is 9.34. The molecule has 0 saturated carbocycles. The van der Waals surface area contributed by atoms with Crippen LogP contribution >= 0.6 is 23.2 Å². The molecule has 0 aromatic heterocycles. The number of benzene rings is 2. The second-order valence-electron chi connectivity index (χ2n) is 3.37. The Balaban J connectivity index is 2.58. The van der Waals surface area contributed by atoms with E-state index in [1.54, 1.807) is 24.3 Å². The summed E-state index contributed by atoms with van der Waals surface area (Å²) in [5.74, 6) is -0.340. The molecule has 0 amide bonds. The van der Waals surface area contributed by atoms with Crippen LogP contribution in [0.15, 0.2) is 36.4 Å². The molecule has 2 aromatic rings. The number of rotatable bonds is 1. The average molecular weight is 256 g/mol. The second kappa shape index (κ2) is 4.32. The average Bonchev–Trinajstić information content (AvgIpc) is 2.26. The molecule has 1 nitrogen and oxygen atoms in total. The van der Waals surface area contributed by atoms with Gasteiger partial charge in [-0.1, -0.05) is 29.3 Å². The molecule has 0 heterocycles. The van der Waals surface area contributed by atoms with Crippen LogP contribution in [0.5, 0.6) is 0 Å². The lowest BCUT2D eigenvalue weighted by atomic mass is 10.0. The van der Waals surface area contributed by atoms with Gasteiger partial charge in [-0.2, -0.15) is 0 Å². The molecule has 0 aliphatic rings. The highest BCUT2D eigenvalue weighted by molar-refractivity contribution is 6.42. The predicted octanol–water partition coefficient (Wildman–Crippen LogP) is 4.38. The fraction of sp³-hybridized carbons (Fsp3) is 0. The van der Waals surface area contributed by atoms with Gasteiger partial charge in [0.15, 0.2) is 0 Å². The van der Waals surface area contributed by atoms with E-state index in [1.165, 1.54) is 12.1 Å². The standard InChI is InChI=1S/C12H8Cl2FN/c13-10-3-1-7(5-11(10)14)9-6-8(16)2-4-12(9)15/h1-6H,16H2. The maximum atomic E-state index is 13.6. The first-order valence-electron chi connectivity index (χ1n) is 4.58. The first-order chi connectivity index (χ1) is 7.58. The Kier molecular flexibility index (Phi) is 3.03. The van der Waals surface area contributed by atoms with Crippen molar-refractivity contribution in [3.05, 3.63) is 52.3 Å². The zero-order valence-corrected chi connectivity index (χ0v) is 9.69. The van der Waals surface area contributed by atoms with Crippen LogP contribution < -0.4 is 5.73 Å². The van der Waals surface area contributed by atoms with Gasteiger partial charge in [0, 0.05) is 11.3 Å². The van der Waals surface area contributed by atoms with Gasteiger partial charge in [-0.05, 0) is 35.9 Å². The van der Waals surface area contributed by atoms with Crippen molar-refractivity contribution < 1.29 is 4.39 Å². The van der Waals surface area contributed by atoms with Crippen LogP contribution in [-0.2, 0) is 0 Å². The number of halogens is 3. The van der Waals surface area contributed by atoms with Crippen LogP contribution in [0.4, 0.5) is 10.1 Å². The minimum absolute atomic E-state index is 0.340. The van der Waals surface area contributed by atoms with Gasteiger partial charge in [-0.25, -0.2) is 4.39 Å². The molecule has 0 atom stereocenters. The lowest BCUT2D eigenvalue weighted by Gasteiger charge is -2.06. The van der Waals surface area contributed by atoms with Crippen LogP contribution in [0.2, 0.25) is 10.0 Å². The molecule has 0 bridgehead atoms. The molecule has 0 aliphatic carbocycles. The highest BCUT2D eigenvalue weighted by Gasteiger charge is 2.07. The van der Waals surface area contributed by atoms with Crippen LogP contribution in [-0.4, -0.2) is 0 Å². The maximum absolute atomic E-state index is 13.6. The molecule has 4 heteroatoms. The first kappa shape index (κ1) is 11.2. The quantitative estimate of drug-likeness (QED) is 0.752. The van der Waals surface area contributed by atoms with E-state index in [2.05, 4.69) is 0 Å². The summed E-state index contributed by atoms with van der Waals surface area (Å²) in [5, 5.41) is 0.829. The van der Waals surface area contributed by atoms with E-state index in [0.717, 1.165) is 0 Å². The molecule has 0 fully saturated rings. The van der Waals surface area contributed by atoms with E-state index in [9.17, 15) is 4.39 Å². The van der Waals surface area contributed by atoms with Gasteiger partial charge in [-0.15, -0.1) is 0 Å². The van der Waals surface area contributed by atoms with Gasteiger partial charge >= 0.3 is 0 Å². The Morgan fingerprint density at radius 3 is 2.38 bits per heavy atom. The van der Waals surface area contributed by atoms with Crippen LogP contribution in [0, 0.1) is 5.82 Å². The zero-order chi connectivity index (χ0) is 11.7. The number of nitrogen functional groups attached to an aromatic ring is 1. The molecule has 82 valence electrons. The molecule has 0 radical (unpaired) electrons. The Morgan fingerprint density at radius 1 is 0.938 bits per heavy atom. The van der Waals surface area contributed by atoms with Crippen LogP contribution in [0.3, 0.4) is 0 Å². The highest BCUT2D eigenvalue weighted by atomic mass is 35.5. The summed E-state index contributed by atoms with van der Waals surface area (Å²) in [4.78, 5) is 0. The fourth-order valence-corrected chi connectivity index (χ4v) is 1.73. The minimum atomic E-state index is -0.340. The summed E-state index contributed by atoms with van der Waals surface area (Å²) in [6.45, 7) is 0. The third-order valence-electron chi connectivity index (χ3n) is 2.22. The highest BCUT2D eigenvalue weighted by Crippen LogP contribution is 2.30. The fourth-order valence-electron chi connectivity index (χ4n) is 1.43. The molecule has 2 N–H and O–H groups in total. The van der Waals surface area contributed by atoms with Gasteiger partial charge in [-0.3, -0.25) is 0 Å². The van der Waals surface area contributed by atoms with Crippen molar-refractivity contribution in [2.45, 2.75) is 0 Å². The number of nitrogens with two attached hydrogens (primary N) is 1. The lowest BCUT2D eigenvalue weighted by molar-refractivity contribution is 0.631. The third kappa shape index (κ3) is 2.13. The molecular weight excluding hydrogens is 248 g/mol. The summed E-state index contributed by atoms with van der Waals surface area (Å²) in [5.41, 5.74) is 7.18. The molecule has 0 unspecified atom stereocenters. The van der Waals surface area contributed by atoms with Gasteiger partial charge in [0.25, 0.3) is 0 Å². The summed E-state index contributed by atoms with van der Waals surface area (Å²) in [7, 11) is 0.